The maximum absolute atomic E-state index is 10.5. The van der Waals surface area contributed by atoms with E-state index in [1.54, 1.807) is 0 Å². The summed E-state index contributed by atoms with van der Waals surface area (Å²) in [6.07, 6.45) is 0. The van der Waals surface area contributed by atoms with Crippen molar-refractivity contribution >= 4 is 11.3 Å². The molecular weight excluding hydrogens is 204 g/mol. The van der Waals surface area contributed by atoms with Crippen molar-refractivity contribution in [1.82, 2.24) is 9.62 Å². The van der Waals surface area contributed by atoms with Crippen LogP contribution in [0.3, 0.4) is 0 Å². The van der Waals surface area contributed by atoms with Gasteiger partial charge >= 0.3 is 0 Å². The van der Waals surface area contributed by atoms with Crippen LogP contribution >= 0.6 is 0 Å². The fourth-order valence-corrected chi connectivity index (χ4v) is 2.09. The molecule has 1 unspecified atom stereocenters. The quantitative estimate of drug-likeness (QED) is 0.649. The van der Waals surface area contributed by atoms with Crippen LogP contribution < -0.4 is 4.72 Å². The molecule has 0 aromatic heterocycles. The lowest BCUT2D eigenvalue weighted by Crippen LogP contribution is -2.52. The summed E-state index contributed by atoms with van der Waals surface area (Å²) in [5.41, 5.74) is -0.413. The lowest BCUT2D eigenvalue weighted by molar-refractivity contribution is 0.0290. The molecule has 1 heterocycles. The van der Waals surface area contributed by atoms with Gasteiger partial charge in [0.15, 0.2) is 0 Å². The normalized spacial score (nSPS) is 22.2. The Kier molecular flexibility index (Phi) is 4.46. The summed E-state index contributed by atoms with van der Waals surface area (Å²) in [5.74, 6) is 0. The molecule has 1 saturated heterocycles. The lowest BCUT2D eigenvalue weighted by Gasteiger charge is -2.35. The zero-order valence-electron chi connectivity index (χ0n) is 8.62. The first-order valence-electron chi connectivity index (χ1n) is 4.67. The Morgan fingerprint density at radius 3 is 2.57 bits per heavy atom. The van der Waals surface area contributed by atoms with Crippen LogP contribution in [0.4, 0.5) is 0 Å². The summed E-state index contributed by atoms with van der Waals surface area (Å²) >= 11 is -2.20. The van der Waals surface area contributed by atoms with Crippen molar-refractivity contribution in [1.29, 1.82) is 0 Å². The largest absolute Gasteiger partial charge is 0.760 e. The van der Waals surface area contributed by atoms with Gasteiger partial charge in [-0.1, -0.05) is 0 Å². The maximum Gasteiger partial charge on any atom is 0.0594 e. The predicted octanol–water partition coefficient (Wildman–Crippen LogP) is -0.519. The number of nitrogens with one attached hydrogen (secondary N) is 1. The zero-order chi connectivity index (χ0) is 10.6. The fourth-order valence-electron chi connectivity index (χ4n) is 1.58. The Hall–Kier alpha value is -0.0100. The number of nitrogens with zero attached hydrogens (tertiary/aromatic N) is 1. The van der Waals surface area contributed by atoms with E-state index in [4.69, 9.17) is 4.74 Å². The molecule has 0 amide bonds. The van der Waals surface area contributed by atoms with Gasteiger partial charge in [0.25, 0.3) is 0 Å². The van der Waals surface area contributed by atoms with Gasteiger partial charge in [-0.25, -0.2) is 4.72 Å². The molecule has 0 radical (unpaired) electrons. The molecule has 0 spiro atoms. The summed E-state index contributed by atoms with van der Waals surface area (Å²) in [7, 11) is 0. The second-order valence-electron chi connectivity index (χ2n) is 4.11. The highest BCUT2D eigenvalue weighted by atomic mass is 32.2. The highest BCUT2D eigenvalue weighted by molar-refractivity contribution is 7.77. The van der Waals surface area contributed by atoms with Crippen molar-refractivity contribution in [3.8, 4) is 0 Å². The molecule has 1 aliphatic heterocycles. The van der Waals surface area contributed by atoms with Gasteiger partial charge in [0.05, 0.1) is 13.2 Å². The molecule has 0 bridgehead atoms. The van der Waals surface area contributed by atoms with Gasteiger partial charge < -0.3 is 9.29 Å². The highest BCUT2D eigenvalue weighted by Gasteiger charge is 2.22. The zero-order valence-corrected chi connectivity index (χ0v) is 9.43. The van der Waals surface area contributed by atoms with Crippen molar-refractivity contribution in [2.75, 3.05) is 32.8 Å². The summed E-state index contributed by atoms with van der Waals surface area (Å²) in [6.45, 7) is 7.67. The van der Waals surface area contributed by atoms with E-state index >= 15 is 0 Å². The lowest BCUT2D eigenvalue weighted by atomic mass is 10.1. The third-order valence-electron chi connectivity index (χ3n) is 2.08. The number of hydrogen-bond donors (Lipinski definition) is 1. The molecular formula is C8H17N2O3S-. The summed E-state index contributed by atoms with van der Waals surface area (Å²) < 4.78 is 28.7. The molecule has 0 aromatic rings. The van der Waals surface area contributed by atoms with Crippen LogP contribution in [-0.4, -0.2) is 52.0 Å². The van der Waals surface area contributed by atoms with E-state index in [1.807, 2.05) is 13.8 Å². The number of rotatable bonds is 4. The van der Waals surface area contributed by atoms with Crippen LogP contribution in [-0.2, 0) is 16.0 Å². The van der Waals surface area contributed by atoms with Crippen LogP contribution in [0.1, 0.15) is 13.8 Å². The molecule has 84 valence electrons. The SMILES string of the molecule is CC(C)(CN1CCOCC1)NS(=O)[O-]. The first kappa shape index (κ1) is 12.1. The molecule has 1 fully saturated rings. The van der Waals surface area contributed by atoms with Crippen LogP contribution in [0.5, 0.6) is 0 Å². The van der Waals surface area contributed by atoms with Crippen molar-refractivity contribution in [3.05, 3.63) is 0 Å². The van der Waals surface area contributed by atoms with E-state index in [2.05, 4.69) is 9.62 Å². The fraction of sp³-hybridized carbons (Fsp3) is 1.00. The van der Waals surface area contributed by atoms with Crippen LogP contribution in [0.15, 0.2) is 0 Å². The van der Waals surface area contributed by atoms with Crippen molar-refractivity contribution in [2.45, 2.75) is 19.4 Å². The van der Waals surface area contributed by atoms with E-state index in [9.17, 15) is 8.76 Å². The van der Waals surface area contributed by atoms with Gasteiger partial charge in [0.2, 0.25) is 0 Å². The number of hydrogen-bond acceptors (Lipinski definition) is 4. The maximum atomic E-state index is 10.5. The van der Waals surface area contributed by atoms with Crippen molar-refractivity contribution in [3.63, 3.8) is 0 Å². The van der Waals surface area contributed by atoms with Gasteiger partial charge in [0.1, 0.15) is 0 Å². The van der Waals surface area contributed by atoms with Crippen LogP contribution in [0, 0.1) is 0 Å². The smallest absolute Gasteiger partial charge is 0.0594 e. The predicted molar refractivity (Wildman–Crippen MR) is 53.4 cm³/mol. The number of ether oxygens (including phenoxy) is 1. The Balaban J connectivity index is 2.36. The van der Waals surface area contributed by atoms with Crippen LogP contribution in [0.25, 0.3) is 0 Å². The summed E-state index contributed by atoms with van der Waals surface area (Å²) in [6, 6.07) is 0. The Morgan fingerprint density at radius 1 is 1.50 bits per heavy atom. The molecule has 5 nitrogen and oxygen atoms in total. The first-order chi connectivity index (χ1) is 6.49. The molecule has 0 aliphatic carbocycles. The van der Waals surface area contributed by atoms with E-state index in [-0.39, 0.29) is 0 Å². The van der Waals surface area contributed by atoms with E-state index in [0.717, 1.165) is 26.3 Å². The number of morpholine rings is 1. The topological polar surface area (TPSA) is 64.6 Å². The standard InChI is InChI=1S/C8H18N2O3S/c1-8(2,9-14(11)12)7-10-3-5-13-6-4-10/h9H,3-7H2,1-2H3,(H,11,12)/p-1. The van der Waals surface area contributed by atoms with E-state index in [0.29, 0.717) is 6.54 Å². The average molecular weight is 221 g/mol. The molecule has 0 aromatic carbocycles. The Morgan fingerprint density at radius 2 is 2.07 bits per heavy atom. The molecule has 1 aliphatic rings. The van der Waals surface area contributed by atoms with E-state index < -0.39 is 16.8 Å². The monoisotopic (exact) mass is 221 g/mol. The summed E-state index contributed by atoms with van der Waals surface area (Å²) in [4.78, 5) is 2.20. The third kappa shape index (κ3) is 4.47. The molecule has 14 heavy (non-hydrogen) atoms. The molecule has 6 heteroatoms. The molecule has 1 rings (SSSR count). The average Bonchev–Trinajstić information content (AvgIpc) is 2.02. The van der Waals surface area contributed by atoms with Crippen LogP contribution in [0.2, 0.25) is 0 Å². The second kappa shape index (κ2) is 5.18. The van der Waals surface area contributed by atoms with Crippen molar-refractivity contribution < 1.29 is 13.5 Å². The molecule has 1 N–H and O–H groups in total. The Labute approximate surface area is 87.2 Å². The minimum Gasteiger partial charge on any atom is -0.760 e. The first-order valence-corrected chi connectivity index (χ1v) is 5.74. The minimum absolute atomic E-state index is 0.413. The van der Waals surface area contributed by atoms with E-state index in [1.165, 1.54) is 0 Å². The third-order valence-corrected chi connectivity index (χ3v) is 2.80. The molecule has 1 atom stereocenters. The van der Waals surface area contributed by atoms with Gasteiger partial charge in [-0.05, 0) is 13.8 Å². The van der Waals surface area contributed by atoms with Gasteiger partial charge in [-0.3, -0.25) is 9.11 Å². The minimum atomic E-state index is -2.20. The molecule has 0 saturated carbocycles. The highest BCUT2D eigenvalue weighted by Crippen LogP contribution is 2.07. The summed E-state index contributed by atoms with van der Waals surface area (Å²) in [5, 5.41) is 0. The van der Waals surface area contributed by atoms with Gasteiger partial charge in [-0.15, -0.1) is 0 Å². The van der Waals surface area contributed by atoms with Crippen molar-refractivity contribution in [2.24, 2.45) is 0 Å². The van der Waals surface area contributed by atoms with Gasteiger partial charge in [-0.2, -0.15) is 0 Å². The van der Waals surface area contributed by atoms with Gasteiger partial charge in [0, 0.05) is 36.4 Å². The Bertz CT molecular complexity index is 205. The second-order valence-corrected chi connectivity index (χ2v) is 4.78.